The van der Waals surface area contributed by atoms with Gasteiger partial charge in [-0.25, -0.2) is 0 Å². The van der Waals surface area contributed by atoms with E-state index in [0.717, 1.165) is 17.4 Å². The second-order valence-corrected chi connectivity index (χ2v) is 6.89. The summed E-state index contributed by atoms with van der Waals surface area (Å²) in [6.45, 7) is 14.6. The number of allylic oxidation sites excluding steroid dienone is 1. The second kappa shape index (κ2) is 14.7. The van der Waals surface area contributed by atoms with Gasteiger partial charge in [0.25, 0.3) is 0 Å². The van der Waals surface area contributed by atoms with Crippen LogP contribution in [0.4, 0.5) is 0 Å². The third kappa shape index (κ3) is 10.7. The maximum atomic E-state index is 4.85. The fraction of sp³-hybridized carbons (Fsp3) is 0.348. The molecule has 1 unspecified atom stereocenters. The minimum Gasteiger partial charge on any atom is -0.284 e. The third-order valence-electron chi connectivity index (χ3n) is 3.42. The number of rotatable bonds is 5. The highest BCUT2D eigenvalue weighted by Gasteiger charge is 2.10. The van der Waals surface area contributed by atoms with Crippen LogP contribution in [-0.4, -0.2) is 5.71 Å². The van der Waals surface area contributed by atoms with Gasteiger partial charge in [0.05, 0.1) is 6.54 Å². The zero-order valence-electron chi connectivity index (χ0n) is 16.3. The minimum absolute atomic E-state index is 0.492. The van der Waals surface area contributed by atoms with Crippen molar-refractivity contribution < 1.29 is 0 Å². The topological polar surface area (TPSA) is 12.4 Å². The van der Waals surface area contributed by atoms with Crippen molar-refractivity contribution in [2.24, 2.45) is 10.9 Å². The normalized spacial score (nSPS) is 11.4. The van der Waals surface area contributed by atoms with E-state index in [2.05, 4.69) is 91.0 Å². The van der Waals surface area contributed by atoms with Crippen molar-refractivity contribution in [2.75, 3.05) is 0 Å². The molecule has 2 heteroatoms. The molecule has 0 bridgehead atoms. The fourth-order valence-electron chi connectivity index (χ4n) is 2.09. The summed E-state index contributed by atoms with van der Waals surface area (Å²) >= 11 is 3.08. The van der Waals surface area contributed by atoms with Crippen LogP contribution in [0.3, 0.4) is 0 Å². The SMILES string of the molecule is C=C(C)Br.CC.CCC(C)C(=NCc1ccccc1)c1ccccc1. The van der Waals surface area contributed by atoms with E-state index >= 15 is 0 Å². The Morgan fingerprint density at radius 3 is 1.88 bits per heavy atom. The molecule has 0 heterocycles. The average Bonchev–Trinajstić information content (AvgIpc) is 2.64. The predicted molar refractivity (Wildman–Crippen MR) is 118 cm³/mol. The van der Waals surface area contributed by atoms with Crippen LogP contribution in [0.2, 0.25) is 0 Å². The molecule has 0 aliphatic heterocycles. The van der Waals surface area contributed by atoms with Crippen molar-refractivity contribution in [3.05, 3.63) is 82.9 Å². The van der Waals surface area contributed by atoms with E-state index in [9.17, 15) is 0 Å². The zero-order valence-corrected chi connectivity index (χ0v) is 17.9. The van der Waals surface area contributed by atoms with Crippen LogP contribution in [0, 0.1) is 5.92 Å². The van der Waals surface area contributed by atoms with Crippen LogP contribution in [0.25, 0.3) is 0 Å². The number of hydrogen-bond acceptors (Lipinski definition) is 1. The summed E-state index contributed by atoms with van der Waals surface area (Å²) in [5, 5.41) is 0. The quantitative estimate of drug-likeness (QED) is 0.455. The first-order valence-electron chi connectivity index (χ1n) is 8.99. The molecular weight excluding hydrogens is 370 g/mol. The van der Waals surface area contributed by atoms with Crippen LogP contribution in [0.15, 0.2) is 76.7 Å². The smallest absolute Gasteiger partial charge is 0.0643 e. The highest BCUT2D eigenvalue weighted by molar-refractivity contribution is 9.11. The van der Waals surface area contributed by atoms with Gasteiger partial charge >= 0.3 is 0 Å². The van der Waals surface area contributed by atoms with Crippen LogP contribution < -0.4 is 0 Å². The second-order valence-electron chi connectivity index (χ2n) is 5.54. The maximum absolute atomic E-state index is 4.85. The Labute approximate surface area is 163 Å². The van der Waals surface area contributed by atoms with Crippen LogP contribution in [0.1, 0.15) is 52.2 Å². The lowest BCUT2D eigenvalue weighted by Crippen LogP contribution is -2.12. The molecule has 0 aliphatic rings. The first kappa shape index (κ1) is 23.3. The molecule has 2 aromatic rings. The minimum atomic E-state index is 0.492. The first-order valence-corrected chi connectivity index (χ1v) is 9.78. The molecule has 1 atom stereocenters. The van der Waals surface area contributed by atoms with Gasteiger partial charge in [-0.05, 0) is 34.9 Å². The molecule has 0 saturated carbocycles. The maximum Gasteiger partial charge on any atom is 0.0643 e. The summed E-state index contributed by atoms with van der Waals surface area (Å²) in [6, 6.07) is 20.9. The van der Waals surface area contributed by atoms with Gasteiger partial charge in [0.15, 0.2) is 0 Å². The molecule has 0 N–H and O–H groups in total. The Kier molecular flexibility index (Phi) is 13.7. The van der Waals surface area contributed by atoms with Gasteiger partial charge in [-0.1, -0.05) is 111 Å². The van der Waals surface area contributed by atoms with Crippen LogP contribution in [-0.2, 0) is 6.54 Å². The molecular formula is C23H32BrN. The van der Waals surface area contributed by atoms with Crippen molar-refractivity contribution in [1.82, 2.24) is 0 Å². The molecule has 0 aromatic heterocycles. The molecule has 0 saturated heterocycles. The number of hydrogen-bond donors (Lipinski definition) is 0. The monoisotopic (exact) mass is 401 g/mol. The third-order valence-corrected chi connectivity index (χ3v) is 3.42. The van der Waals surface area contributed by atoms with Gasteiger partial charge < -0.3 is 0 Å². The molecule has 0 radical (unpaired) electrons. The molecule has 2 rings (SSSR count). The lowest BCUT2D eigenvalue weighted by molar-refractivity contribution is 0.734. The average molecular weight is 402 g/mol. The van der Waals surface area contributed by atoms with E-state index in [1.807, 2.05) is 26.8 Å². The van der Waals surface area contributed by atoms with Gasteiger partial charge in [-0.2, -0.15) is 0 Å². The molecule has 0 spiro atoms. The van der Waals surface area contributed by atoms with Crippen molar-refractivity contribution in [1.29, 1.82) is 0 Å². The Hall–Kier alpha value is -1.67. The highest BCUT2D eigenvalue weighted by atomic mass is 79.9. The summed E-state index contributed by atoms with van der Waals surface area (Å²) < 4.78 is 0.979. The first-order chi connectivity index (χ1) is 12.0. The molecule has 0 amide bonds. The molecule has 2 aromatic carbocycles. The van der Waals surface area contributed by atoms with Gasteiger partial charge in [0, 0.05) is 5.71 Å². The molecule has 136 valence electrons. The van der Waals surface area contributed by atoms with Gasteiger partial charge in [0.1, 0.15) is 0 Å². The Morgan fingerprint density at radius 2 is 1.44 bits per heavy atom. The standard InChI is InChI=1S/C18H21N.C3H5Br.C2H6/c1-3-15(2)18(17-12-8-5-9-13-17)19-14-16-10-6-4-7-11-16;1-3(2)4;1-2/h4-13,15H,3,14H2,1-2H3;1H2,2H3;1-2H3. The van der Waals surface area contributed by atoms with Crippen molar-refractivity contribution >= 4 is 21.6 Å². The van der Waals surface area contributed by atoms with Gasteiger partial charge in [0.2, 0.25) is 0 Å². The van der Waals surface area contributed by atoms with E-state index in [1.54, 1.807) is 0 Å². The number of nitrogens with zero attached hydrogens (tertiary/aromatic N) is 1. The van der Waals surface area contributed by atoms with Crippen molar-refractivity contribution in [3.63, 3.8) is 0 Å². The Balaban J connectivity index is 0.000000845. The number of halogens is 1. The lowest BCUT2D eigenvalue weighted by Gasteiger charge is -2.13. The van der Waals surface area contributed by atoms with E-state index in [1.165, 1.54) is 16.8 Å². The van der Waals surface area contributed by atoms with Crippen LogP contribution in [0.5, 0.6) is 0 Å². The van der Waals surface area contributed by atoms with Gasteiger partial charge in [-0.15, -0.1) is 0 Å². The van der Waals surface area contributed by atoms with E-state index in [-0.39, 0.29) is 0 Å². The fourth-order valence-corrected chi connectivity index (χ4v) is 2.09. The van der Waals surface area contributed by atoms with Gasteiger partial charge in [-0.3, -0.25) is 4.99 Å². The molecule has 25 heavy (non-hydrogen) atoms. The summed E-state index contributed by atoms with van der Waals surface area (Å²) in [4.78, 5) is 4.85. The van der Waals surface area contributed by atoms with Crippen molar-refractivity contribution in [2.45, 2.75) is 47.6 Å². The zero-order chi connectivity index (χ0) is 19.1. The summed E-state index contributed by atoms with van der Waals surface area (Å²) in [7, 11) is 0. The Morgan fingerprint density at radius 1 is 1.00 bits per heavy atom. The van der Waals surface area contributed by atoms with E-state index < -0.39 is 0 Å². The summed E-state index contributed by atoms with van der Waals surface area (Å²) in [5.41, 5.74) is 3.72. The predicted octanol–water partition coefficient (Wildman–Crippen LogP) is 7.66. The lowest BCUT2D eigenvalue weighted by atomic mass is 9.96. The summed E-state index contributed by atoms with van der Waals surface area (Å²) in [5.74, 6) is 0.492. The molecule has 0 fully saturated rings. The summed E-state index contributed by atoms with van der Waals surface area (Å²) in [6.07, 6.45) is 1.11. The molecule has 1 nitrogen and oxygen atoms in total. The largest absolute Gasteiger partial charge is 0.284 e. The van der Waals surface area contributed by atoms with E-state index in [0.29, 0.717) is 5.92 Å². The van der Waals surface area contributed by atoms with Crippen molar-refractivity contribution in [3.8, 4) is 0 Å². The molecule has 0 aliphatic carbocycles. The number of aliphatic imine (C=N–C) groups is 1. The van der Waals surface area contributed by atoms with Crippen LogP contribution >= 0.6 is 15.9 Å². The highest BCUT2D eigenvalue weighted by Crippen LogP contribution is 2.14. The Bertz CT molecular complexity index is 599. The number of benzene rings is 2. The van der Waals surface area contributed by atoms with E-state index in [4.69, 9.17) is 4.99 Å².